The van der Waals surface area contributed by atoms with Crippen LogP contribution in [-0.4, -0.2) is 20.9 Å². The summed E-state index contributed by atoms with van der Waals surface area (Å²) in [6.45, 7) is 4.50. The molecule has 0 radical (unpaired) electrons. The van der Waals surface area contributed by atoms with Gasteiger partial charge in [0.2, 0.25) is 0 Å². The van der Waals surface area contributed by atoms with Gasteiger partial charge in [-0.15, -0.1) is 0 Å². The number of aromatic amines is 1. The van der Waals surface area contributed by atoms with Crippen molar-refractivity contribution in [2.45, 2.75) is 45.6 Å². The molecule has 1 heterocycles. The summed E-state index contributed by atoms with van der Waals surface area (Å²) in [5, 5.41) is 14.9. The number of benzene rings is 1. The van der Waals surface area contributed by atoms with Crippen LogP contribution in [0.1, 0.15) is 39.5 Å². The molecule has 0 bridgehead atoms. The predicted molar refractivity (Wildman–Crippen MR) is 88.7 cm³/mol. The lowest BCUT2D eigenvalue weighted by Crippen LogP contribution is -2.30. The number of hydrogen-bond acceptors (Lipinski definition) is 5. The molecule has 1 saturated carbocycles. The van der Waals surface area contributed by atoms with Gasteiger partial charge in [0.1, 0.15) is 5.69 Å². The van der Waals surface area contributed by atoms with Crippen molar-refractivity contribution >= 4 is 22.3 Å². The van der Waals surface area contributed by atoms with Gasteiger partial charge in [-0.1, -0.05) is 13.8 Å². The van der Waals surface area contributed by atoms with Gasteiger partial charge < -0.3 is 10.3 Å². The highest BCUT2D eigenvalue weighted by Crippen LogP contribution is 2.37. The molecule has 0 atom stereocenters. The third-order valence-electron chi connectivity index (χ3n) is 4.65. The predicted octanol–water partition coefficient (Wildman–Crippen LogP) is 3.21. The number of nitrogens with one attached hydrogen (secondary N) is 2. The fraction of sp³-hybridized carbons (Fsp3) is 0.500. The second-order valence-corrected chi connectivity index (χ2v) is 6.96. The number of nitrogens with zero attached hydrogens (tertiary/aromatic N) is 2. The molecule has 122 valence electrons. The van der Waals surface area contributed by atoms with E-state index in [0.717, 1.165) is 25.7 Å². The first-order valence-electron chi connectivity index (χ1n) is 7.78. The normalized spacial score (nSPS) is 18.0. The smallest absolute Gasteiger partial charge is 0.293 e. The van der Waals surface area contributed by atoms with Crippen LogP contribution in [0.4, 0.5) is 11.4 Å². The van der Waals surface area contributed by atoms with E-state index >= 15 is 0 Å². The number of hydrogen-bond donors (Lipinski definition) is 2. The molecule has 1 aromatic carbocycles. The van der Waals surface area contributed by atoms with E-state index in [1.807, 2.05) is 0 Å². The highest BCUT2D eigenvalue weighted by Gasteiger charge is 2.28. The van der Waals surface area contributed by atoms with E-state index in [-0.39, 0.29) is 22.7 Å². The van der Waals surface area contributed by atoms with E-state index in [1.165, 1.54) is 12.4 Å². The summed E-state index contributed by atoms with van der Waals surface area (Å²) in [6, 6.07) is 3.11. The number of aromatic nitrogens is 2. The summed E-state index contributed by atoms with van der Waals surface area (Å²) < 4.78 is 0. The van der Waals surface area contributed by atoms with Gasteiger partial charge in [-0.3, -0.25) is 14.9 Å². The van der Waals surface area contributed by atoms with Crippen molar-refractivity contribution in [1.82, 2.24) is 9.97 Å². The maximum Gasteiger partial charge on any atom is 0.293 e. The fourth-order valence-corrected chi connectivity index (χ4v) is 3.13. The lowest BCUT2D eigenvalue weighted by molar-refractivity contribution is -0.383. The SMILES string of the molecule is CC1(C)CCC(Nc2cc3nc[nH]c(=O)c3cc2[N+](=O)[O-])CC1. The second kappa shape index (κ2) is 5.64. The van der Waals surface area contributed by atoms with Crippen molar-refractivity contribution in [2.24, 2.45) is 5.41 Å². The Kier molecular flexibility index (Phi) is 3.79. The zero-order valence-corrected chi connectivity index (χ0v) is 13.3. The summed E-state index contributed by atoms with van der Waals surface area (Å²) in [5.41, 5.74) is 0.774. The van der Waals surface area contributed by atoms with Crippen molar-refractivity contribution in [3.05, 3.63) is 38.9 Å². The second-order valence-electron chi connectivity index (χ2n) is 6.96. The third kappa shape index (κ3) is 3.18. The summed E-state index contributed by atoms with van der Waals surface area (Å²) in [7, 11) is 0. The largest absolute Gasteiger partial charge is 0.377 e. The molecule has 0 saturated heterocycles. The Labute approximate surface area is 133 Å². The van der Waals surface area contributed by atoms with Crippen LogP contribution < -0.4 is 10.9 Å². The molecule has 0 amide bonds. The molecule has 1 aromatic heterocycles. The number of rotatable bonds is 3. The molecule has 23 heavy (non-hydrogen) atoms. The lowest BCUT2D eigenvalue weighted by atomic mass is 9.75. The van der Waals surface area contributed by atoms with Crippen molar-refractivity contribution in [2.75, 3.05) is 5.32 Å². The minimum Gasteiger partial charge on any atom is -0.377 e. The summed E-state index contributed by atoms with van der Waals surface area (Å²) in [6.07, 6.45) is 5.44. The standard InChI is InChI=1S/C16H20N4O3/c1-16(2)5-3-10(4-6-16)19-13-8-12-11(7-14(13)20(22)23)15(21)18-9-17-12/h7-10,19H,3-6H2,1-2H3,(H,17,18,21). The minimum absolute atomic E-state index is 0.0826. The topological polar surface area (TPSA) is 101 Å². The molecule has 7 heteroatoms. The highest BCUT2D eigenvalue weighted by molar-refractivity contribution is 5.86. The molecule has 0 aliphatic heterocycles. The maximum atomic E-state index is 11.8. The van der Waals surface area contributed by atoms with Crippen LogP contribution in [0, 0.1) is 15.5 Å². The lowest BCUT2D eigenvalue weighted by Gasteiger charge is -2.35. The highest BCUT2D eigenvalue weighted by atomic mass is 16.6. The van der Waals surface area contributed by atoms with Crippen molar-refractivity contribution in [1.29, 1.82) is 0 Å². The molecule has 0 unspecified atom stereocenters. The Balaban J connectivity index is 1.95. The monoisotopic (exact) mass is 316 g/mol. The number of anilines is 1. The maximum absolute atomic E-state index is 11.8. The molecule has 1 fully saturated rings. The minimum atomic E-state index is -0.457. The van der Waals surface area contributed by atoms with Crippen LogP contribution in [0.2, 0.25) is 0 Å². The Morgan fingerprint density at radius 3 is 2.70 bits per heavy atom. The molecule has 7 nitrogen and oxygen atoms in total. The van der Waals surface area contributed by atoms with Gasteiger partial charge in [-0.05, 0) is 37.2 Å². The van der Waals surface area contributed by atoms with E-state index in [0.29, 0.717) is 16.6 Å². The van der Waals surface area contributed by atoms with E-state index in [2.05, 4.69) is 29.1 Å². The van der Waals surface area contributed by atoms with E-state index in [9.17, 15) is 14.9 Å². The van der Waals surface area contributed by atoms with Crippen LogP contribution >= 0.6 is 0 Å². The Morgan fingerprint density at radius 1 is 1.35 bits per heavy atom. The van der Waals surface area contributed by atoms with E-state index in [4.69, 9.17) is 0 Å². The number of fused-ring (bicyclic) bond motifs is 1. The van der Waals surface area contributed by atoms with Gasteiger partial charge in [-0.25, -0.2) is 4.98 Å². The summed E-state index contributed by atoms with van der Waals surface area (Å²) in [5.74, 6) is 0. The Bertz CT molecular complexity index is 803. The first-order chi connectivity index (χ1) is 10.9. The average molecular weight is 316 g/mol. The van der Waals surface area contributed by atoms with E-state index < -0.39 is 4.92 Å². The first kappa shape index (κ1) is 15.5. The van der Waals surface area contributed by atoms with E-state index in [1.54, 1.807) is 6.07 Å². The van der Waals surface area contributed by atoms with Gasteiger partial charge in [-0.2, -0.15) is 0 Å². The average Bonchev–Trinajstić information content (AvgIpc) is 2.49. The van der Waals surface area contributed by atoms with Crippen LogP contribution in [-0.2, 0) is 0 Å². The zero-order chi connectivity index (χ0) is 16.6. The first-order valence-corrected chi connectivity index (χ1v) is 7.78. The van der Waals surface area contributed by atoms with Gasteiger partial charge in [0.05, 0.1) is 22.2 Å². The van der Waals surface area contributed by atoms with Crippen LogP contribution in [0.15, 0.2) is 23.3 Å². The van der Waals surface area contributed by atoms with Crippen molar-refractivity contribution in [3.8, 4) is 0 Å². The quantitative estimate of drug-likeness (QED) is 0.669. The van der Waals surface area contributed by atoms with Crippen LogP contribution in [0.25, 0.3) is 10.9 Å². The Morgan fingerprint density at radius 2 is 2.04 bits per heavy atom. The molecule has 1 aliphatic rings. The molecule has 1 aliphatic carbocycles. The van der Waals surface area contributed by atoms with Gasteiger partial charge in [0.15, 0.2) is 0 Å². The molecule has 2 aromatic rings. The molecule has 2 N–H and O–H groups in total. The molecule has 0 spiro atoms. The number of H-pyrrole nitrogens is 1. The third-order valence-corrected chi connectivity index (χ3v) is 4.65. The Hall–Kier alpha value is -2.44. The molecular weight excluding hydrogens is 296 g/mol. The summed E-state index contributed by atoms with van der Waals surface area (Å²) >= 11 is 0. The number of nitro benzene ring substituents is 1. The number of nitro groups is 1. The zero-order valence-electron chi connectivity index (χ0n) is 13.3. The van der Waals surface area contributed by atoms with Crippen molar-refractivity contribution in [3.63, 3.8) is 0 Å². The van der Waals surface area contributed by atoms with Crippen LogP contribution in [0.3, 0.4) is 0 Å². The fourth-order valence-electron chi connectivity index (χ4n) is 3.13. The molecular formula is C16H20N4O3. The van der Waals surface area contributed by atoms with Crippen molar-refractivity contribution < 1.29 is 4.92 Å². The van der Waals surface area contributed by atoms with Crippen LogP contribution in [0.5, 0.6) is 0 Å². The molecule has 3 rings (SSSR count). The van der Waals surface area contributed by atoms with Gasteiger partial charge in [0.25, 0.3) is 11.2 Å². The summed E-state index contributed by atoms with van der Waals surface area (Å²) in [4.78, 5) is 29.2. The van der Waals surface area contributed by atoms with Gasteiger partial charge >= 0.3 is 0 Å². The van der Waals surface area contributed by atoms with Gasteiger partial charge in [0, 0.05) is 12.1 Å².